The average molecular weight is 240 g/mol. The molecule has 1 aliphatic rings. The molecule has 1 aliphatic carbocycles. The molecule has 3 heteroatoms. The fourth-order valence-electron chi connectivity index (χ4n) is 2.93. The summed E-state index contributed by atoms with van der Waals surface area (Å²) in [6.07, 6.45) is 3.83. The number of hydrogen-bond donors (Lipinski definition) is 2. The number of amides is 1. The zero-order valence-corrected chi connectivity index (χ0v) is 12.0. The van der Waals surface area contributed by atoms with Gasteiger partial charge in [0.25, 0.3) is 0 Å². The maximum absolute atomic E-state index is 11.7. The fourth-order valence-corrected chi connectivity index (χ4v) is 2.93. The molecule has 0 aliphatic heterocycles. The third kappa shape index (κ3) is 4.30. The van der Waals surface area contributed by atoms with E-state index in [2.05, 4.69) is 24.5 Å². The molecule has 1 fully saturated rings. The Hall–Kier alpha value is -0.570. The molecule has 2 unspecified atom stereocenters. The summed E-state index contributed by atoms with van der Waals surface area (Å²) in [5, 5.41) is 6.31. The molecule has 1 rings (SSSR count). The van der Waals surface area contributed by atoms with Gasteiger partial charge in [0.2, 0.25) is 5.91 Å². The van der Waals surface area contributed by atoms with E-state index < -0.39 is 0 Å². The Kier molecular flexibility index (Phi) is 4.99. The third-order valence-corrected chi connectivity index (χ3v) is 3.85. The highest BCUT2D eigenvalue weighted by atomic mass is 16.2. The maximum Gasteiger partial charge on any atom is 0.226 e. The normalized spacial score (nSPS) is 30.1. The number of rotatable bonds is 4. The van der Waals surface area contributed by atoms with Crippen LogP contribution < -0.4 is 10.6 Å². The molecule has 2 N–H and O–H groups in total. The second-order valence-electron chi connectivity index (χ2n) is 6.46. The van der Waals surface area contributed by atoms with Crippen LogP contribution in [0, 0.1) is 17.3 Å². The van der Waals surface area contributed by atoms with Crippen molar-refractivity contribution < 1.29 is 4.79 Å². The van der Waals surface area contributed by atoms with Crippen LogP contribution in [-0.4, -0.2) is 25.5 Å². The van der Waals surface area contributed by atoms with Crippen LogP contribution in [0.5, 0.6) is 0 Å². The van der Waals surface area contributed by atoms with E-state index in [-0.39, 0.29) is 11.3 Å². The molecule has 0 bridgehead atoms. The van der Waals surface area contributed by atoms with Crippen molar-refractivity contribution in [3.8, 4) is 0 Å². The van der Waals surface area contributed by atoms with E-state index in [9.17, 15) is 4.79 Å². The quantitative estimate of drug-likeness (QED) is 0.791. The Morgan fingerprint density at radius 1 is 1.18 bits per heavy atom. The largest absolute Gasteiger partial charge is 0.359 e. The Bertz CT molecular complexity index is 253. The van der Waals surface area contributed by atoms with E-state index >= 15 is 0 Å². The Labute approximate surface area is 106 Å². The smallest absolute Gasteiger partial charge is 0.226 e. The lowest BCUT2D eigenvalue weighted by atomic mass is 9.80. The van der Waals surface area contributed by atoms with Crippen LogP contribution in [-0.2, 0) is 4.79 Å². The van der Waals surface area contributed by atoms with Gasteiger partial charge in [0, 0.05) is 19.6 Å². The van der Waals surface area contributed by atoms with Crippen LogP contribution in [0.2, 0.25) is 0 Å². The van der Waals surface area contributed by atoms with Gasteiger partial charge in [0.1, 0.15) is 0 Å². The van der Waals surface area contributed by atoms with Crippen LogP contribution in [0.1, 0.15) is 47.0 Å². The zero-order chi connectivity index (χ0) is 13.1. The lowest BCUT2D eigenvalue weighted by Crippen LogP contribution is -2.46. The van der Waals surface area contributed by atoms with Gasteiger partial charge in [0.05, 0.1) is 5.41 Å². The summed E-state index contributed by atoms with van der Waals surface area (Å²) < 4.78 is 0. The van der Waals surface area contributed by atoms with Crippen LogP contribution in [0.4, 0.5) is 0 Å². The minimum absolute atomic E-state index is 0.113. The van der Waals surface area contributed by atoms with Crippen LogP contribution in [0.25, 0.3) is 0 Å². The highest BCUT2D eigenvalue weighted by molar-refractivity contribution is 5.81. The molecular formula is C14H28N2O. The molecule has 0 aromatic rings. The molecule has 0 radical (unpaired) electrons. The third-order valence-electron chi connectivity index (χ3n) is 3.85. The van der Waals surface area contributed by atoms with Gasteiger partial charge in [-0.2, -0.15) is 0 Å². The lowest BCUT2D eigenvalue weighted by Gasteiger charge is -2.34. The average Bonchev–Trinajstić information content (AvgIpc) is 2.24. The van der Waals surface area contributed by atoms with Crippen LogP contribution >= 0.6 is 0 Å². The first-order valence-corrected chi connectivity index (χ1v) is 6.80. The predicted molar refractivity (Wildman–Crippen MR) is 71.8 cm³/mol. The van der Waals surface area contributed by atoms with E-state index in [0.29, 0.717) is 6.04 Å². The van der Waals surface area contributed by atoms with E-state index in [1.54, 1.807) is 7.05 Å². The number of hydrogen-bond acceptors (Lipinski definition) is 2. The Balaban J connectivity index is 2.42. The molecule has 0 aromatic heterocycles. The van der Waals surface area contributed by atoms with Gasteiger partial charge >= 0.3 is 0 Å². The van der Waals surface area contributed by atoms with Crippen molar-refractivity contribution in [2.24, 2.45) is 17.3 Å². The van der Waals surface area contributed by atoms with Crippen molar-refractivity contribution in [3.05, 3.63) is 0 Å². The molecule has 17 heavy (non-hydrogen) atoms. The topological polar surface area (TPSA) is 41.1 Å². The molecule has 2 atom stereocenters. The summed E-state index contributed by atoms with van der Waals surface area (Å²) >= 11 is 0. The van der Waals surface area contributed by atoms with Crippen LogP contribution in [0.15, 0.2) is 0 Å². The highest BCUT2D eigenvalue weighted by Gasteiger charge is 2.29. The lowest BCUT2D eigenvalue weighted by molar-refractivity contribution is -0.128. The number of carbonyl (C=O) groups is 1. The summed E-state index contributed by atoms with van der Waals surface area (Å²) in [6.45, 7) is 9.41. The van der Waals surface area contributed by atoms with Crippen LogP contribution in [0.3, 0.4) is 0 Å². The Morgan fingerprint density at radius 3 is 2.18 bits per heavy atom. The highest BCUT2D eigenvalue weighted by Crippen LogP contribution is 2.29. The molecule has 0 heterocycles. The van der Waals surface area contributed by atoms with E-state index in [4.69, 9.17) is 0 Å². The van der Waals surface area contributed by atoms with Crippen molar-refractivity contribution >= 4 is 5.91 Å². The zero-order valence-electron chi connectivity index (χ0n) is 12.0. The summed E-state index contributed by atoms with van der Waals surface area (Å²) in [5.41, 5.74) is -0.321. The van der Waals surface area contributed by atoms with Gasteiger partial charge in [-0.15, -0.1) is 0 Å². The summed E-state index contributed by atoms with van der Waals surface area (Å²) in [4.78, 5) is 11.7. The van der Waals surface area contributed by atoms with E-state index in [0.717, 1.165) is 18.4 Å². The summed E-state index contributed by atoms with van der Waals surface area (Å²) in [6, 6.07) is 0.581. The van der Waals surface area contributed by atoms with Gasteiger partial charge in [-0.05, 0) is 44.9 Å². The molecule has 0 spiro atoms. The first kappa shape index (κ1) is 14.5. The Morgan fingerprint density at radius 2 is 1.71 bits per heavy atom. The first-order chi connectivity index (χ1) is 7.85. The van der Waals surface area contributed by atoms with Gasteiger partial charge in [-0.25, -0.2) is 0 Å². The van der Waals surface area contributed by atoms with Gasteiger partial charge in [-0.3, -0.25) is 4.79 Å². The molecule has 1 saturated carbocycles. The number of nitrogens with one attached hydrogen (secondary N) is 2. The summed E-state index contributed by atoms with van der Waals surface area (Å²) in [7, 11) is 1.70. The van der Waals surface area contributed by atoms with Crippen molar-refractivity contribution in [2.75, 3.05) is 13.6 Å². The van der Waals surface area contributed by atoms with E-state index in [1.807, 2.05) is 13.8 Å². The second kappa shape index (κ2) is 5.85. The molecule has 0 aromatic carbocycles. The molecule has 100 valence electrons. The fraction of sp³-hybridized carbons (Fsp3) is 0.929. The van der Waals surface area contributed by atoms with Gasteiger partial charge < -0.3 is 10.6 Å². The second-order valence-corrected chi connectivity index (χ2v) is 6.46. The van der Waals surface area contributed by atoms with Crippen molar-refractivity contribution in [3.63, 3.8) is 0 Å². The SMILES string of the molecule is CNC(=O)C(C)(C)CNC1CC(C)CC(C)C1. The van der Waals surface area contributed by atoms with Crippen molar-refractivity contribution in [1.29, 1.82) is 0 Å². The molecular weight excluding hydrogens is 212 g/mol. The minimum atomic E-state index is -0.321. The molecule has 0 saturated heterocycles. The van der Waals surface area contributed by atoms with E-state index in [1.165, 1.54) is 19.3 Å². The van der Waals surface area contributed by atoms with Crippen molar-refractivity contribution in [2.45, 2.75) is 53.0 Å². The predicted octanol–water partition coefficient (Wildman–Crippen LogP) is 2.17. The van der Waals surface area contributed by atoms with Gasteiger partial charge in [-0.1, -0.05) is 13.8 Å². The monoisotopic (exact) mass is 240 g/mol. The molecule has 1 amide bonds. The first-order valence-electron chi connectivity index (χ1n) is 6.80. The summed E-state index contributed by atoms with van der Waals surface area (Å²) in [5.74, 6) is 1.72. The molecule has 3 nitrogen and oxygen atoms in total. The van der Waals surface area contributed by atoms with Gasteiger partial charge in [0.15, 0.2) is 0 Å². The maximum atomic E-state index is 11.7. The standard InChI is InChI=1S/C14H28N2O/c1-10-6-11(2)8-12(7-10)16-9-14(3,4)13(17)15-5/h10-12,16H,6-9H2,1-5H3,(H,15,17). The van der Waals surface area contributed by atoms with Crippen molar-refractivity contribution in [1.82, 2.24) is 10.6 Å². The number of carbonyl (C=O) groups excluding carboxylic acids is 1. The minimum Gasteiger partial charge on any atom is -0.359 e.